The number of hydrogen-bond acceptors (Lipinski definition) is 5. The molecule has 3 atom stereocenters. The molecular weight excluding hydrogens is 416 g/mol. The Morgan fingerprint density at radius 3 is 2.48 bits per heavy atom. The van der Waals surface area contributed by atoms with E-state index in [1.54, 1.807) is 0 Å². The van der Waals surface area contributed by atoms with Crippen molar-refractivity contribution < 1.29 is 14.7 Å². The monoisotopic (exact) mass is 460 g/mol. The minimum Gasteiger partial charge on any atom is -0.391 e. The molecule has 33 heavy (non-hydrogen) atoms. The second-order valence-corrected chi connectivity index (χ2v) is 11.3. The number of nitrogens with one attached hydrogen (secondary N) is 1. The van der Waals surface area contributed by atoms with Gasteiger partial charge in [-0.15, -0.1) is 0 Å². The summed E-state index contributed by atoms with van der Waals surface area (Å²) in [6, 6.07) is 7.35. The molecule has 7 nitrogen and oxygen atoms in total. The van der Waals surface area contributed by atoms with E-state index >= 15 is 0 Å². The van der Waals surface area contributed by atoms with Gasteiger partial charge in [-0.25, -0.2) is 0 Å². The van der Waals surface area contributed by atoms with Crippen molar-refractivity contribution in [2.45, 2.75) is 79.0 Å². The van der Waals surface area contributed by atoms with Crippen LogP contribution in [-0.2, 0) is 9.59 Å². The Morgan fingerprint density at radius 2 is 1.91 bits per heavy atom. The summed E-state index contributed by atoms with van der Waals surface area (Å²) >= 11 is 0. The number of nitrogens with two attached hydrogens (primary N) is 1. The lowest BCUT2D eigenvalue weighted by molar-refractivity contribution is -0.126. The van der Waals surface area contributed by atoms with Gasteiger partial charge in [0.15, 0.2) is 0 Å². The van der Waals surface area contributed by atoms with E-state index in [0.717, 1.165) is 11.3 Å². The number of amides is 2. The predicted molar refractivity (Wildman–Crippen MR) is 134 cm³/mol. The number of aryl methyl sites for hydroxylation is 1. The molecule has 1 aromatic rings. The highest BCUT2D eigenvalue weighted by atomic mass is 16.3. The van der Waals surface area contributed by atoms with E-state index < -0.39 is 12.1 Å². The Kier molecular flexibility index (Phi) is 9.08. The summed E-state index contributed by atoms with van der Waals surface area (Å²) in [5.41, 5.74) is 8.08. The van der Waals surface area contributed by atoms with Crippen molar-refractivity contribution in [3.05, 3.63) is 29.8 Å². The van der Waals surface area contributed by atoms with Gasteiger partial charge in [0.05, 0.1) is 12.6 Å². The standard InChI is InChI=1S/C26H44N4O3/c1-8-19(24(33)28-16-25(3,4)5)13-22(31)20(27)14-29-15-23(32)30(17-26(29,6)7)21-12-10-9-11-18(21)2/h9-12,19-20,22,31H,8,13-17,27H2,1-7H3,(H,28,33)/t19-,20+,22+/m1/s1. The van der Waals surface area contributed by atoms with Gasteiger partial charge in [-0.3, -0.25) is 14.5 Å². The minimum atomic E-state index is -0.823. The van der Waals surface area contributed by atoms with Crippen LogP contribution in [0, 0.1) is 18.3 Å². The molecule has 0 aromatic heterocycles. The number of aliphatic hydroxyl groups excluding tert-OH is 1. The number of anilines is 1. The Hall–Kier alpha value is -1.96. The van der Waals surface area contributed by atoms with Crippen molar-refractivity contribution in [3.63, 3.8) is 0 Å². The molecule has 0 aliphatic carbocycles. The van der Waals surface area contributed by atoms with Gasteiger partial charge in [0.1, 0.15) is 0 Å². The molecule has 186 valence electrons. The molecule has 0 bridgehead atoms. The van der Waals surface area contributed by atoms with Crippen LogP contribution in [0.15, 0.2) is 24.3 Å². The zero-order valence-electron chi connectivity index (χ0n) is 21.5. The number of carbonyl (C=O) groups is 2. The Bertz CT molecular complexity index is 818. The topological polar surface area (TPSA) is 98.9 Å². The number of carbonyl (C=O) groups excluding carboxylic acids is 2. The van der Waals surface area contributed by atoms with Gasteiger partial charge in [0.2, 0.25) is 11.8 Å². The molecule has 0 saturated carbocycles. The number of piperazine rings is 1. The van der Waals surface area contributed by atoms with E-state index in [-0.39, 0.29) is 35.2 Å². The van der Waals surface area contributed by atoms with Gasteiger partial charge >= 0.3 is 0 Å². The number of nitrogens with zero attached hydrogens (tertiary/aromatic N) is 2. The van der Waals surface area contributed by atoms with Crippen LogP contribution in [0.5, 0.6) is 0 Å². The predicted octanol–water partition coefficient (Wildman–Crippen LogP) is 2.69. The molecule has 1 aliphatic heterocycles. The summed E-state index contributed by atoms with van der Waals surface area (Å²) in [6.07, 6.45) is 0.125. The number of hydrogen-bond donors (Lipinski definition) is 3. The van der Waals surface area contributed by atoms with Crippen LogP contribution in [-0.4, -0.2) is 65.7 Å². The molecular formula is C26H44N4O3. The summed E-state index contributed by atoms with van der Waals surface area (Å²) in [7, 11) is 0. The maximum Gasteiger partial charge on any atom is 0.241 e. The molecule has 0 radical (unpaired) electrons. The van der Waals surface area contributed by atoms with Gasteiger partial charge in [0, 0.05) is 42.8 Å². The molecule has 1 saturated heterocycles. The third-order valence-corrected chi connectivity index (χ3v) is 6.54. The summed E-state index contributed by atoms with van der Waals surface area (Å²) in [5, 5.41) is 13.8. The third kappa shape index (κ3) is 7.52. The molecule has 1 fully saturated rings. The van der Waals surface area contributed by atoms with Crippen molar-refractivity contribution in [1.82, 2.24) is 10.2 Å². The first-order chi connectivity index (χ1) is 15.2. The molecule has 1 aliphatic rings. The van der Waals surface area contributed by atoms with Crippen molar-refractivity contribution in [1.29, 1.82) is 0 Å². The number of aliphatic hydroxyl groups is 1. The van der Waals surface area contributed by atoms with Gasteiger partial charge in [-0.05, 0) is 50.7 Å². The normalized spacial score (nSPS) is 19.8. The quantitative estimate of drug-likeness (QED) is 0.526. The first-order valence-corrected chi connectivity index (χ1v) is 12.1. The Balaban J connectivity index is 1.99. The fraction of sp³-hybridized carbons (Fsp3) is 0.692. The zero-order chi connectivity index (χ0) is 25.0. The highest BCUT2D eigenvalue weighted by Gasteiger charge is 2.40. The summed E-state index contributed by atoms with van der Waals surface area (Å²) in [4.78, 5) is 29.5. The van der Waals surface area contributed by atoms with E-state index in [2.05, 4.69) is 44.8 Å². The Morgan fingerprint density at radius 1 is 1.27 bits per heavy atom. The van der Waals surface area contributed by atoms with Crippen molar-refractivity contribution >= 4 is 17.5 Å². The van der Waals surface area contributed by atoms with Gasteiger partial charge in [0.25, 0.3) is 0 Å². The number of para-hydroxylation sites is 1. The summed E-state index contributed by atoms with van der Waals surface area (Å²) in [6.45, 7) is 16.1. The number of rotatable bonds is 9. The molecule has 0 spiro atoms. The summed E-state index contributed by atoms with van der Waals surface area (Å²) in [5.74, 6) is -0.305. The summed E-state index contributed by atoms with van der Waals surface area (Å²) < 4.78 is 0. The second kappa shape index (κ2) is 11.0. The molecule has 1 heterocycles. The smallest absolute Gasteiger partial charge is 0.241 e. The average molecular weight is 461 g/mol. The van der Waals surface area contributed by atoms with E-state index in [1.165, 1.54) is 0 Å². The molecule has 7 heteroatoms. The van der Waals surface area contributed by atoms with Gasteiger partial charge in [-0.1, -0.05) is 45.9 Å². The van der Waals surface area contributed by atoms with E-state index in [1.807, 2.05) is 43.0 Å². The highest BCUT2D eigenvalue weighted by Crippen LogP contribution is 2.29. The van der Waals surface area contributed by atoms with E-state index in [0.29, 0.717) is 32.5 Å². The van der Waals surface area contributed by atoms with Crippen molar-refractivity contribution in [3.8, 4) is 0 Å². The highest BCUT2D eigenvalue weighted by molar-refractivity contribution is 5.96. The van der Waals surface area contributed by atoms with Crippen LogP contribution >= 0.6 is 0 Å². The number of benzene rings is 1. The van der Waals surface area contributed by atoms with Crippen molar-refractivity contribution in [2.75, 3.05) is 31.1 Å². The molecule has 4 N–H and O–H groups in total. The van der Waals surface area contributed by atoms with E-state index in [4.69, 9.17) is 5.73 Å². The molecule has 0 unspecified atom stereocenters. The molecule has 2 amide bonds. The first kappa shape index (κ1) is 27.3. The minimum absolute atomic E-state index is 0.00151. The maximum atomic E-state index is 13.0. The van der Waals surface area contributed by atoms with Crippen molar-refractivity contribution in [2.24, 2.45) is 17.1 Å². The van der Waals surface area contributed by atoms with Crippen LogP contribution in [0.1, 0.15) is 59.9 Å². The SMILES string of the molecule is CC[C@H](C[C@H](O)[C@@H](N)CN1CC(=O)N(c2ccccc2C)CC1(C)C)C(=O)NCC(C)(C)C. The molecule has 1 aromatic carbocycles. The van der Waals surface area contributed by atoms with Crippen LogP contribution in [0.3, 0.4) is 0 Å². The fourth-order valence-corrected chi connectivity index (χ4v) is 4.23. The lowest BCUT2D eigenvalue weighted by atomic mass is 9.91. The van der Waals surface area contributed by atoms with Crippen LogP contribution in [0.25, 0.3) is 0 Å². The first-order valence-electron chi connectivity index (χ1n) is 12.1. The molecule has 2 rings (SSSR count). The third-order valence-electron chi connectivity index (χ3n) is 6.54. The zero-order valence-corrected chi connectivity index (χ0v) is 21.5. The van der Waals surface area contributed by atoms with E-state index in [9.17, 15) is 14.7 Å². The lowest BCUT2D eigenvalue weighted by Crippen LogP contribution is -2.64. The average Bonchev–Trinajstić information content (AvgIpc) is 2.72. The van der Waals surface area contributed by atoms with Crippen LogP contribution < -0.4 is 16.0 Å². The van der Waals surface area contributed by atoms with Gasteiger partial charge in [-0.2, -0.15) is 0 Å². The Labute approximate surface area is 199 Å². The van der Waals surface area contributed by atoms with Crippen LogP contribution in [0.4, 0.5) is 5.69 Å². The fourth-order valence-electron chi connectivity index (χ4n) is 4.23. The lowest BCUT2D eigenvalue weighted by Gasteiger charge is -2.48. The second-order valence-electron chi connectivity index (χ2n) is 11.3. The van der Waals surface area contributed by atoms with Gasteiger partial charge < -0.3 is 21.1 Å². The van der Waals surface area contributed by atoms with Crippen LogP contribution in [0.2, 0.25) is 0 Å². The largest absolute Gasteiger partial charge is 0.391 e. The maximum absolute atomic E-state index is 13.0.